The van der Waals surface area contributed by atoms with Crippen molar-refractivity contribution in [1.29, 1.82) is 0 Å². The molecule has 1 atom stereocenters. The van der Waals surface area contributed by atoms with E-state index in [2.05, 4.69) is 10.5 Å². The van der Waals surface area contributed by atoms with E-state index in [1.165, 1.54) is 0 Å². The Balaban J connectivity index is 3.17. The van der Waals surface area contributed by atoms with E-state index in [1.807, 2.05) is 0 Å². The lowest BCUT2D eigenvalue weighted by molar-refractivity contribution is 0.0946. The van der Waals surface area contributed by atoms with Gasteiger partial charge >= 0.3 is 0 Å². The molecular weight excluding hydrogens is 174 g/mol. The molecule has 0 aromatic rings. The summed E-state index contributed by atoms with van der Waals surface area (Å²) in [4.78, 5) is 0. The lowest BCUT2D eigenvalue weighted by Gasteiger charge is -2.07. The lowest BCUT2D eigenvalue weighted by Crippen LogP contribution is -2.30. The minimum absolute atomic E-state index is 0.199. The summed E-state index contributed by atoms with van der Waals surface area (Å²) in [7, 11) is 0. The van der Waals surface area contributed by atoms with Crippen LogP contribution < -0.4 is 11.1 Å². The topological polar surface area (TPSA) is 111 Å². The standard InChI is InChI=1S/C7H17N3O3/c8-7(10-13)2-1-3-9-4-6(12)5-11/h6,9,11-13H,1-5H2,(H2,8,10). The maximum Gasteiger partial charge on any atom is 0.139 e. The van der Waals surface area contributed by atoms with Crippen molar-refractivity contribution < 1.29 is 15.4 Å². The van der Waals surface area contributed by atoms with Crippen LogP contribution in [0.25, 0.3) is 0 Å². The largest absolute Gasteiger partial charge is 0.409 e. The van der Waals surface area contributed by atoms with Crippen LogP contribution in [0.4, 0.5) is 0 Å². The zero-order chi connectivity index (χ0) is 10.1. The molecule has 0 aliphatic heterocycles. The number of rotatable bonds is 7. The van der Waals surface area contributed by atoms with Gasteiger partial charge in [0.15, 0.2) is 0 Å². The second kappa shape index (κ2) is 7.78. The Morgan fingerprint density at radius 3 is 2.77 bits per heavy atom. The van der Waals surface area contributed by atoms with Gasteiger partial charge in [0.05, 0.1) is 12.7 Å². The summed E-state index contributed by atoms with van der Waals surface area (Å²) in [6, 6.07) is 0. The number of aliphatic hydroxyl groups excluding tert-OH is 2. The third-order valence-electron chi connectivity index (χ3n) is 1.51. The highest BCUT2D eigenvalue weighted by Gasteiger charge is 1.99. The molecule has 0 aliphatic carbocycles. The predicted octanol–water partition coefficient (Wildman–Crippen LogP) is -1.54. The summed E-state index contributed by atoms with van der Waals surface area (Å²) in [5.41, 5.74) is 5.22. The third-order valence-corrected chi connectivity index (χ3v) is 1.51. The predicted molar refractivity (Wildman–Crippen MR) is 48.6 cm³/mol. The second-order valence-corrected chi connectivity index (χ2v) is 2.74. The third kappa shape index (κ3) is 7.51. The number of nitrogens with zero attached hydrogens (tertiary/aromatic N) is 1. The van der Waals surface area contributed by atoms with Crippen molar-refractivity contribution >= 4 is 5.84 Å². The minimum atomic E-state index is -0.719. The average Bonchev–Trinajstić information content (AvgIpc) is 2.16. The highest BCUT2D eigenvalue weighted by molar-refractivity contribution is 5.79. The van der Waals surface area contributed by atoms with Gasteiger partial charge in [-0.15, -0.1) is 0 Å². The van der Waals surface area contributed by atoms with Gasteiger partial charge in [0.1, 0.15) is 5.84 Å². The van der Waals surface area contributed by atoms with E-state index in [0.717, 1.165) is 6.42 Å². The first-order chi connectivity index (χ1) is 6.20. The summed E-state index contributed by atoms with van der Waals surface area (Å²) in [5.74, 6) is 0.199. The van der Waals surface area contributed by atoms with Crippen LogP contribution in [0.1, 0.15) is 12.8 Å². The van der Waals surface area contributed by atoms with Crippen LogP contribution in [0.15, 0.2) is 5.16 Å². The molecule has 0 aromatic heterocycles. The van der Waals surface area contributed by atoms with Crippen molar-refractivity contribution in [2.24, 2.45) is 10.9 Å². The van der Waals surface area contributed by atoms with E-state index in [0.29, 0.717) is 19.5 Å². The highest BCUT2D eigenvalue weighted by Crippen LogP contribution is 1.86. The first-order valence-electron chi connectivity index (χ1n) is 4.16. The number of hydrogen-bond acceptors (Lipinski definition) is 5. The first-order valence-corrected chi connectivity index (χ1v) is 4.16. The highest BCUT2D eigenvalue weighted by atomic mass is 16.4. The Bertz CT molecular complexity index is 152. The molecule has 6 heteroatoms. The fourth-order valence-corrected chi connectivity index (χ4v) is 0.778. The maximum atomic E-state index is 8.91. The van der Waals surface area contributed by atoms with Crippen LogP contribution in [-0.4, -0.2) is 47.1 Å². The summed E-state index contributed by atoms with van der Waals surface area (Å²) in [5, 5.41) is 31.3. The molecule has 0 fully saturated rings. The quantitative estimate of drug-likeness (QED) is 0.110. The first kappa shape index (κ1) is 12.2. The molecule has 0 radical (unpaired) electrons. The van der Waals surface area contributed by atoms with E-state index < -0.39 is 6.10 Å². The van der Waals surface area contributed by atoms with E-state index in [4.69, 9.17) is 21.2 Å². The van der Waals surface area contributed by atoms with Gasteiger partial charge in [-0.1, -0.05) is 5.16 Å². The van der Waals surface area contributed by atoms with E-state index in [-0.39, 0.29) is 12.4 Å². The Hall–Kier alpha value is -0.850. The molecule has 0 saturated carbocycles. The molecule has 6 nitrogen and oxygen atoms in total. The van der Waals surface area contributed by atoms with Gasteiger partial charge in [0.25, 0.3) is 0 Å². The Morgan fingerprint density at radius 1 is 1.54 bits per heavy atom. The molecule has 0 aliphatic rings. The number of amidine groups is 1. The van der Waals surface area contributed by atoms with Crippen molar-refractivity contribution in [3.63, 3.8) is 0 Å². The number of nitrogens with one attached hydrogen (secondary N) is 1. The van der Waals surface area contributed by atoms with E-state index >= 15 is 0 Å². The van der Waals surface area contributed by atoms with Crippen LogP contribution in [0, 0.1) is 0 Å². The van der Waals surface area contributed by atoms with Gasteiger partial charge in [0, 0.05) is 13.0 Å². The van der Waals surface area contributed by atoms with E-state index in [1.54, 1.807) is 0 Å². The van der Waals surface area contributed by atoms with Crippen molar-refractivity contribution in [2.45, 2.75) is 18.9 Å². The molecule has 0 rings (SSSR count). The molecule has 0 bridgehead atoms. The Morgan fingerprint density at radius 2 is 2.23 bits per heavy atom. The van der Waals surface area contributed by atoms with Gasteiger partial charge in [-0.25, -0.2) is 0 Å². The Labute approximate surface area is 77.1 Å². The number of hydrogen-bond donors (Lipinski definition) is 5. The van der Waals surface area contributed by atoms with Crippen molar-refractivity contribution in [1.82, 2.24) is 5.32 Å². The zero-order valence-corrected chi connectivity index (χ0v) is 7.48. The molecule has 6 N–H and O–H groups in total. The van der Waals surface area contributed by atoms with Crippen LogP contribution in [0.5, 0.6) is 0 Å². The zero-order valence-electron chi connectivity index (χ0n) is 7.48. The SMILES string of the molecule is NC(CCCNCC(O)CO)=NO. The molecule has 0 heterocycles. The molecule has 0 spiro atoms. The van der Waals surface area contributed by atoms with Crippen LogP contribution in [0.3, 0.4) is 0 Å². The number of oxime groups is 1. The van der Waals surface area contributed by atoms with Gasteiger partial charge in [-0.3, -0.25) is 0 Å². The van der Waals surface area contributed by atoms with Gasteiger partial charge in [-0.05, 0) is 13.0 Å². The maximum absolute atomic E-state index is 8.91. The number of nitrogens with two attached hydrogens (primary N) is 1. The van der Waals surface area contributed by atoms with Crippen molar-refractivity contribution in [2.75, 3.05) is 19.7 Å². The molecule has 0 saturated heterocycles. The van der Waals surface area contributed by atoms with Crippen molar-refractivity contribution in [3.8, 4) is 0 Å². The Kier molecular flexibility index (Phi) is 7.27. The van der Waals surface area contributed by atoms with Crippen LogP contribution in [0.2, 0.25) is 0 Å². The molecule has 0 amide bonds. The average molecular weight is 191 g/mol. The summed E-state index contributed by atoms with van der Waals surface area (Å²) in [6.45, 7) is 0.771. The molecule has 1 unspecified atom stereocenters. The van der Waals surface area contributed by atoms with Gasteiger partial charge in [0.2, 0.25) is 0 Å². The van der Waals surface area contributed by atoms with Gasteiger partial charge < -0.3 is 26.5 Å². The fourth-order valence-electron chi connectivity index (χ4n) is 0.778. The second-order valence-electron chi connectivity index (χ2n) is 2.74. The molecular formula is C7H17N3O3. The normalized spacial score (nSPS) is 14.5. The lowest BCUT2D eigenvalue weighted by atomic mass is 10.3. The smallest absolute Gasteiger partial charge is 0.139 e. The van der Waals surface area contributed by atoms with Crippen LogP contribution in [-0.2, 0) is 0 Å². The summed E-state index contributed by atoms with van der Waals surface area (Å²) >= 11 is 0. The minimum Gasteiger partial charge on any atom is -0.409 e. The molecule has 13 heavy (non-hydrogen) atoms. The monoisotopic (exact) mass is 191 g/mol. The molecule has 0 aromatic carbocycles. The van der Waals surface area contributed by atoms with Crippen molar-refractivity contribution in [3.05, 3.63) is 0 Å². The molecule has 78 valence electrons. The van der Waals surface area contributed by atoms with E-state index in [9.17, 15) is 0 Å². The number of aliphatic hydroxyl groups is 2. The summed E-state index contributed by atoms with van der Waals surface area (Å²) < 4.78 is 0. The fraction of sp³-hybridized carbons (Fsp3) is 0.857. The summed E-state index contributed by atoms with van der Waals surface area (Å²) in [6.07, 6.45) is 0.524. The van der Waals surface area contributed by atoms with Crippen LogP contribution >= 0.6 is 0 Å². The van der Waals surface area contributed by atoms with Gasteiger partial charge in [-0.2, -0.15) is 0 Å².